The molecule has 2 amide bonds. The molecular formula is C20H30N4O2. The highest BCUT2D eigenvalue weighted by Gasteiger charge is 2.39. The van der Waals surface area contributed by atoms with Crippen LogP contribution in [0.25, 0.3) is 0 Å². The summed E-state index contributed by atoms with van der Waals surface area (Å²) >= 11 is 0. The number of fused-ring (bicyclic) bond motifs is 1. The average Bonchev–Trinajstić information content (AvgIpc) is 3.32. The van der Waals surface area contributed by atoms with Crippen molar-refractivity contribution in [2.45, 2.75) is 76.8 Å². The number of H-pyrrole nitrogens is 1. The van der Waals surface area contributed by atoms with Gasteiger partial charge >= 0.3 is 0 Å². The van der Waals surface area contributed by atoms with Crippen molar-refractivity contribution in [3.63, 3.8) is 0 Å². The molecule has 2 heterocycles. The lowest BCUT2D eigenvalue weighted by atomic mass is 10.1. The molecule has 26 heavy (non-hydrogen) atoms. The van der Waals surface area contributed by atoms with Crippen molar-refractivity contribution in [3.8, 4) is 0 Å². The van der Waals surface area contributed by atoms with Crippen LogP contribution in [0.3, 0.4) is 0 Å². The molecule has 2 fully saturated rings. The van der Waals surface area contributed by atoms with Gasteiger partial charge in [0.05, 0.1) is 18.2 Å². The van der Waals surface area contributed by atoms with E-state index in [-0.39, 0.29) is 17.7 Å². The second kappa shape index (κ2) is 7.41. The van der Waals surface area contributed by atoms with Crippen LogP contribution >= 0.6 is 0 Å². The fraction of sp³-hybridized carbons (Fsp3) is 0.750. The summed E-state index contributed by atoms with van der Waals surface area (Å²) in [6, 6.07) is 0.368. The van der Waals surface area contributed by atoms with Crippen molar-refractivity contribution >= 4 is 11.8 Å². The largest absolute Gasteiger partial charge is 0.339 e. The molecule has 1 unspecified atom stereocenters. The Hall–Kier alpha value is -1.85. The summed E-state index contributed by atoms with van der Waals surface area (Å²) in [7, 11) is 1.85. The van der Waals surface area contributed by atoms with Gasteiger partial charge in [0.25, 0.3) is 0 Å². The van der Waals surface area contributed by atoms with E-state index in [1.54, 1.807) is 4.90 Å². The number of hydrogen-bond donors (Lipinski definition) is 1. The summed E-state index contributed by atoms with van der Waals surface area (Å²) in [5.41, 5.74) is 3.58. The second-order valence-electron chi connectivity index (χ2n) is 8.27. The minimum Gasteiger partial charge on any atom is -0.339 e. The van der Waals surface area contributed by atoms with Gasteiger partial charge in [0.1, 0.15) is 0 Å². The third-order valence-electron chi connectivity index (χ3n) is 6.43. The first-order valence-electron chi connectivity index (χ1n) is 10.2. The molecule has 1 aliphatic heterocycles. The Morgan fingerprint density at radius 1 is 1.19 bits per heavy atom. The van der Waals surface area contributed by atoms with Gasteiger partial charge in [-0.15, -0.1) is 0 Å². The van der Waals surface area contributed by atoms with Gasteiger partial charge in [-0.1, -0.05) is 19.3 Å². The normalized spacial score (nSPS) is 24.0. The second-order valence-corrected chi connectivity index (χ2v) is 8.27. The highest BCUT2D eigenvalue weighted by Crippen LogP contribution is 2.30. The van der Waals surface area contributed by atoms with Crippen LogP contribution in [0.1, 0.15) is 68.3 Å². The SMILES string of the molecule is CN(Cc1n[nH]c2c1CCCCC2)C(=O)C1CC(=O)N(C2CCCC2)C1. The monoisotopic (exact) mass is 358 g/mol. The van der Waals surface area contributed by atoms with E-state index < -0.39 is 0 Å². The topological polar surface area (TPSA) is 69.3 Å². The lowest BCUT2D eigenvalue weighted by molar-refractivity contribution is -0.135. The predicted octanol–water partition coefficient (Wildman–Crippen LogP) is 2.43. The van der Waals surface area contributed by atoms with E-state index in [1.807, 2.05) is 11.9 Å². The Bertz CT molecular complexity index is 677. The Labute approximate surface area is 155 Å². The first kappa shape index (κ1) is 17.6. The Morgan fingerprint density at radius 2 is 1.96 bits per heavy atom. The maximum atomic E-state index is 12.9. The van der Waals surface area contributed by atoms with Crippen molar-refractivity contribution in [1.82, 2.24) is 20.0 Å². The van der Waals surface area contributed by atoms with Crippen molar-refractivity contribution in [2.24, 2.45) is 5.92 Å². The van der Waals surface area contributed by atoms with Crippen LogP contribution in [-0.2, 0) is 29.0 Å². The van der Waals surface area contributed by atoms with E-state index in [0.29, 0.717) is 25.6 Å². The molecule has 0 bridgehead atoms. The number of rotatable bonds is 4. The fourth-order valence-electron chi connectivity index (χ4n) is 4.94. The molecule has 1 saturated carbocycles. The number of nitrogens with zero attached hydrogens (tertiary/aromatic N) is 3. The quantitative estimate of drug-likeness (QED) is 0.841. The van der Waals surface area contributed by atoms with Crippen LogP contribution in [0, 0.1) is 5.92 Å². The average molecular weight is 358 g/mol. The van der Waals surface area contributed by atoms with Gasteiger partial charge in [-0.3, -0.25) is 14.7 Å². The predicted molar refractivity (Wildman–Crippen MR) is 98.4 cm³/mol. The standard InChI is InChI=1S/C20H30N4O2/c1-23(13-18-16-9-3-2-4-10-17(16)21-22-18)20(26)14-11-19(25)24(12-14)15-7-5-6-8-15/h14-15H,2-13H2,1H3,(H,21,22). The maximum Gasteiger partial charge on any atom is 0.228 e. The number of carbonyl (C=O) groups is 2. The molecule has 0 spiro atoms. The van der Waals surface area contributed by atoms with Gasteiger partial charge in [0, 0.05) is 31.7 Å². The van der Waals surface area contributed by atoms with Crippen LogP contribution < -0.4 is 0 Å². The zero-order valence-corrected chi connectivity index (χ0v) is 15.8. The minimum atomic E-state index is -0.189. The van der Waals surface area contributed by atoms with E-state index in [4.69, 9.17) is 0 Å². The highest BCUT2D eigenvalue weighted by molar-refractivity contribution is 5.89. The first-order valence-corrected chi connectivity index (χ1v) is 10.2. The van der Waals surface area contributed by atoms with Crippen molar-refractivity contribution in [1.29, 1.82) is 0 Å². The number of aromatic nitrogens is 2. The van der Waals surface area contributed by atoms with Crippen LogP contribution in [0.15, 0.2) is 0 Å². The summed E-state index contributed by atoms with van der Waals surface area (Å²) in [5.74, 6) is 0.0622. The summed E-state index contributed by atoms with van der Waals surface area (Å²) in [6.07, 6.45) is 10.8. The number of aromatic amines is 1. The molecule has 1 atom stereocenters. The van der Waals surface area contributed by atoms with Crippen LogP contribution in [0.2, 0.25) is 0 Å². The smallest absolute Gasteiger partial charge is 0.228 e. The molecule has 1 N–H and O–H groups in total. The number of hydrogen-bond acceptors (Lipinski definition) is 3. The molecular weight excluding hydrogens is 328 g/mol. The van der Waals surface area contributed by atoms with Crippen molar-refractivity contribution < 1.29 is 9.59 Å². The molecule has 142 valence electrons. The molecule has 1 aromatic heterocycles. The number of amides is 2. The lowest BCUT2D eigenvalue weighted by Crippen LogP contribution is -2.37. The van der Waals surface area contributed by atoms with Gasteiger partial charge in [0.15, 0.2) is 0 Å². The Balaban J connectivity index is 1.39. The Morgan fingerprint density at radius 3 is 2.77 bits per heavy atom. The van der Waals surface area contributed by atoms with E-state index >= 15 is 0 Å². The molecule has 6 heteroatoms. The van der Waals surface area contributed by atoms with Gasteiger partial charge in [-0.05, 0) is 44.1 Å². The third kappa shape index (κ3) is 3.38. The van der Waals surface area contributed by atoms with Gasteiger partial charge < -0.3 is 9.80 Å². The number of nitrogens with one attached hydrogen (secondary N) is 1. The van der Waals surface area contributed by atoms with Crippen molar-refractivity contribution in [2.75, 3.05) is 13.6 Å². The summed E-state index contributed by atoms with van der Waals surface area (Å²) in [4.78, 5) is 29.1. The Kier molecular flexibility index (Phi) is 5.00. The first-order chi connectivity index (χ1) is 12.6. The molecule has 1 saturated heterocycles. The third-order valence-corrected chi connectivity index (χ3v) is 6.43. The van der Waals surface area contributed by atoms with Gasteiger partial charge in [-0.25, -0.2) is 0 Å². The van der Waals surface area contributed by atoms with Crippen LogP contribution in [0.5, 0.6) is 0 Å². The van der Waals surface area contributed by atoms with Crippen molar-refractivity contribution in [3.05, 3.63) is 17.0 Å². The molecule has 0 aromatic carbocycles. The minimum absolute atomic E-state index is 0.0872. The van der Waals surface area contributed by atoms with E-state index in [2.05, 4.69) is 10.2 Å². The van der Waals surface area contributed by atoms with Gasteiger partial charge in [-0.2, -0.15) is 5.10 Å². The molecule has 2 aliphatic carbocycles. The summed E-state index contributed by atoms with van der Waals surface area (Å²) in [5, 5.41) is 7.67. The van der Waals surface area contributed by atoms with E-state index in [9.17, 15) is 9.59 Å². The van der Waals surface area contributed by atoms with E-state index in [0.717, 1.165) is 31.4 Å². The highest BCUT2D eigenvalue weighted by atomic mass is 16.2. The zero-order valence-electron chi connectivity index (χ0n) is 15.8. The summed E-state index contributed by atoms with van der Waals surface area (Å²) < 4.78 is 0. The van der Waals surface area contributed by atoms with Gasteiger partial charge in [0.2, 0.25) is 11.8 Å². The lowest BCUT2D eigenvalue weighted by Gasteiger charge is -2.25. The number of aryl methyl sites for hydroxylation is 1. The summed E-state index contributed by atoms with van der Waals surface area (Å²) in [6.45, 7) is 1.14. The van der Waals surface area contributed by atoms with Crippen LogP contribution in [0.4, 0.5) is 0 Å². The maximum absolute atomic E-state index is 12.9. The van der Waals surface area contributed by atoms with E-state index in [1.165, 1.54) is 43.4 Å². The molecule has 3 aliphatic rings. The number of carbonyl (C=O) groups excluding carboxylic acids is 2. The molecule has 4 rings (SSSR count). The molecule has 6 nitrogen and oxygen atoms in total. The van der Waals surface area contributed by atoms with Crippen LogP contribution in [-0.4, -0.2) is 51.4 Å². The molecule has 1 aromatic rings. The fourth-order valence-corrected chi connectivity index (χ4v) is 4.94. The zero-order chi connectivity index (χ0) is 18.1. The number of likely N-dealkylation sites (tertiary alicyclic amines) is 1. The molecule has 0 radical (unpaired) electrons.